The molecule has 0 bridgehead atoms. The second-order valence-electron chi connectivity index (χ2n) is 6.93. The summed E-state index contributed by atoms with van der Waals surface area (Å²) in [6, 6.07) is 13.1. The van der Waals surface area contributed by atoms with Gasteiger partial charge in [0.15, 0.2) is 5.82 Å². The lowest BCUT2D eigenvalue weighted by atomic mass is 9.96. The maximum Gasteiger partial charge on any atom is 0.217 e. The number of nitrogens with one attached hydrogen (secondary N) is 1. The fraction of sp³-hybridized carbons (Fsp3) is 0.368. The molecule has 2 aliphatic rings. The van der Waals surface area contributed by atoms with Crippen LogP contribution in [0.4, 0.5) is 0 Å². The van der Waals surface area contributed by atoms with Crippen LogP contribution >= 0.6 is 23.6 Å². The summed E-state index contributed by atoms with van der Waals surface area (Å²) in [4.78, 5) is 8.72. The number of hydrogen-bond donors (Lipinski definition) is 1. The molecule has 1 fully saturated rings. The molecule has 1 saturated carbocycles. The van der Waals surface area contributed by atoms with Gasteiger partial charge in [0.05, 0.1) is 6.67 Å². The normalized spacial score (nSPS) is 20.6. The van der Waals surface area contributed by atoms with Gasteiger partial charge in [-0.15, -0.1) is 11.3 Å². The van der Waals surface area contributed by atoms with Crippen molar-refractivity contribution in [2.75, 3.05) is 6.54 Å². The highest BCUT2D eigenvalue weighted by atomic mass is 32.1. The standard InChI is InChI=1S/C19H20N4S2/c24-19-20-18(14-4-2-1-3-5-14)21-23(19)12-22-10-8-16-15(9-11-25-16)17(22)13-6-7-13/h1-5,9,11,13,17H,6-8,10,12H2,(H,20,21,24)/t17-/m1/s1. The third-order valence-electron chi connectivity index (χ3n) is 5.24. The van der Waals surface area contributed by atoms with E-state index >= 15 is 0 Å². The Balaban J connectivity index is 1.44. The molecule has 0 unspecified atom stereocenters. The lowest BCUT2D eigenvalue weighted by Crippen LogP contribution is -2.37. The van der Waals surface area contributed by atoms with Crippen molar-refractivity contribution in [3.63, 3.8) is 0 Å². The maximum atomic E-state index is 5.52. The third kappa shape index (κ3) is 2.88. The number of thiophene rings is 1. The van der Waals surface area contributed by atoms with E-state index in [2.05, 4.69) is 38.6 Å². The smallest absolute Gasteiger partial charge is 0.217 e. The van der Waals surface area contributed by atoms with Gasteiger partial charge in [0, 0.05) is 23.0 Å². The van der Waals surface area contributed by atoms with E-state index in [1.165, 1.54) is 12.8 Å². The Kier molecular flexibility index (Phi) is 3.84. The van der Waals surface area contributed by atoms with Crippen LogP contribution in [-0.2, 0) is 13.1 Å². The molecule has 25 heavy (non-hydrogen) atoms. The van der Waals surface area contributed by atoms with Gasteiger partial charge in [-0.2, -0.15) is 4.98 Å². The van der Waals surface area contributed by atoms with Crippen LogP contribution in [0.15, 0.2) is 41.8 Å². The van der Waals surface area contributed by atoms with Crippen molar-refractivity contribution in [1.82, 2.24) is 19.7 Å². The number of aromatic amines is 1. The Morgan fingerprint density at radius 1 is 1.20 bits per heavy atom. The molecule has 0 saturated heterocycles. The molecule has 0 amide bonds. The summed E-state index contributed by atoms with van der Waals surface area (Å²) in [7, 11) is 0. The quantitative estimate of drug-likeness (QED) is 0.682. The fourth-order valence-corrected chi connectivity index (χ4v) is 4.99. The van der Waals surface area contributed by atoms with Gasteiger partial charge < -0.3 is 0 Å². The van der Waals surface area contributed by atoms with Gasteiger partial charge in [0.25, 0.3) is 0 Å². The first-order valence-electron chi connectivity index (χ1n) is 8.82. The Hall–Kier alpha value is -1.76. The molecule has 4 nitrogen and oxygen atoms in total. The number of fused-ring (bicyclic) bond motifs is 1. The monoisotopic (exact) mass is 368 g/mol. The van der Waals surface area contributed by atoms with Crippen molar-refractivity contribution in [2.45, 2.75) is 32.0 Å². The van der Waals surface area contributed by atoms with E-state index in [9.17, 15) is 0 Å². The van der Waals surface area contributed by atoms with Crippen LogP contribution < -0.4 is 0 Å². The Morgan fingerprint density at radius 2 is 2.04 bits per heavy atom. The molecule has 1 atom stereocenters. The van der Waals surface area contributed by atoms with Crippen LogP contribution in [0.2, 0.25) is 0 Å². The van der Waals surface area contributed by atoms with Crippen LogP contribution in [0, 0.1) is 10.7 Å². The minimum absolute atomic E-state index is 0.542. The number of H-pyrrole nitrogens is 1. The van der Waals surface area contributed by atoms with Crippen LogP contribution in [0.5, 0.6) is 0 Å². The Morgan fingerprint density at radius 3 is 2.84 bits per heavy atom. The van der Waals surface area contributed by atoms with Gasteiger partial charge in [-0.1, -0.05) is 30.3 Å². The highest BCUT2D eigenvalue weighted by molar-refractivity contribution is 7.71. The molecule has 1 aliphatic heterocycles. The van der Waals surface area contributed by atoms with E-state index in [0.717, 1.165) is 36.9 Å². The summed E-state index contributed by atoms with van der Waals surface area (Å²) < 4.78 is 2.65. The molecule has 6 heteroatoms. The molecule has 128 valence electrons. The molecule has 0 spiro atoms. The van der Waals surface area contributed by atoms with Crippen LogP contribution in [0.3, 0.4) is 0 Å². The van der Waals surface area contributed by atoms with Crippen molar-refractivity contribution in [1.29, 1.82) is 0 Å². The number of aromatic nitrogens is 3. The van der Waals surface area contributed by atoms with Crippen molar-refractivity contribution in [3.05, 3.63) is 57.0 Å². The summed E-state index contributed by atoms with van der Waals surface area (Å²) in [5, 5.41) is 5.65. The van der Waals surface area contributed by atoms with E-state index in [1.54, 1.807) is 10.4 Å². The van der Waals surface area contributed by atoms with Gasteiger partial charge in [-0.3, -0.25) is 10.00 Å². The fourth-order valence-electron chi connectivity index (χ4n) is 3.88. The number of nitrogens with zero attached hydrogens (tertiary/aromatic N) is 3. The lowest BCUT2D eigenvalue weighted by molar-refractivity contribution is 0.117. The molecule has 3 aromatic rings. The van der Waals surface area contributed by atoms with Gasteiger partial charge in [0.2, 0.25) is 4.77 Å². The van der Waals surface area contributed by atoms with Crippen molar-refractivity contribution < 1.29 is 0 Å². The molecular formula is C19H20N4S2. The largest absolute Gasteiger partial charge is 0.278 e. The zero-order chi connectivity index (χ0) is 16.8. The Bertz CT molecular complexity index is 936. The first-order valence-corrected chi connectivity index (χ1v) is 10.1. The highest BCUT2D eigenvalue weighted by Gasteiger charge is 2.40. The van der Waals surface area contributed by atoms with Crippen LogP contribution in [0.25, 0.3) is 11.4 Å². The number of rotatable bonds is 4. The van der Waals surface area contributed by atoms with E-state index in [0.29, 0.717) is 10.8 Å². The predicted octanol–water partition coefficient (Wildman–Crippen LogP) is 4.64. The van der Waals surface area contributed by atoms with Crippen molar-refractivity contribution in [2.24, 2.45) is 5.92 Å². The molecule has 1 aliphatic carbocycles. The maximum absolute atomic E-state index is 5.52. The predicted molar refractivity (Wildman–Crippen MR) is 103 cm³/mol. The van der Waals surface area contributed by atoms with E-state index < -0.39 is 0 Å². The second-order valence-corrected chi connectivity index (χ2v) is 8.30. The minimum Gasteiger partial charge on any atom is -0.278 e. The van der Waals surface area contributed by atoms with Crippen LogP contribution in [0.1, 0.15) is 29.3 Å². The van der Waals surface area contributed by atoms with Gasteiger partial charge in [-0.25, -0.2) is 4.68 Å². The SMILES string of the molecule is S=c1nc(-c2ccccc2)[nH]n1CN1CCc2sccc2[C@H]1C1CC1. The van der Waals surface area contributed by atoms with E-state index in [1.807, 2.05) is 34.2 Å². The Labute approximate surface area is 156 Å². The topological polar surface area (TPSA) is 36.9 Å². The zero-order valence-electron chi connectivity index (χ0n) is 13.9. The van der Waals surface area contributed by atoms with E-state index in [-0.39, 0.29) is 0 Å². The summed E-state index contributed by atoms with van der Waals surface area (Å²) in [6.07, 6.45) is 3.84. The van der Waals surface area contributed by atoms with Crippen molar-refractivity contribution >= 4 is 23.6 Å². The number of benzene rings is 1. The van der Waals surface area contributed by atoms with E-state index in [4.69, 9.17) is 12.2 Å². The molecule has 3 heterocycles. The molecule has 0 radical (unpaired) electrons. The highest BCUT2D eigenvalue weighted by Crippen LogP contribution is 2.48. The second kappa shape index (κ2) is 6.20. The average Bonchev–Trinajstić information content (AvgIpc) is 3.24. The van der Waals surface area contributed by atoms with Gasteiger partial charge in [0.1, 0.15) is 0 Å². The minimum atomic E-state index is 0.542. The molecule has 5 rings (SSSR count). The lowest BCUT2D eigenvalue weighted by Gasteiger charge is -2.36. The summed E-state index contributed by atoms with van der Waals surface area (Å²) in [5.74, 6) is 1.65. The first kappa shape index (κ1) is 15.5. The van der Waals surface area contributed by atoms with Gasteiger partial charge >= 0.3 is 0 Å². The zero-order valence-corrected chi connectivity index (χ0v) is 15.5. The third-order valence-corrected chi connectivity index (χ3v) is 6.54. The van der Waals surface area contributed by atoms with Gasteiger partial charge in [-0.05, 0) is 54.4 Å². The molecule has 1 aromatic carbocycles. The molecule has 1 N–H and O–H groups in total. The summed E-state index contributed by atoms with van der Waals surface area (Å²) in [5.41, 5.74) is 2.62. The summed E-state index contributed by atoms with van der Waals surface area (Å²) in [6.45, 7) is 1.88. The average molecular weight is 369 g/mol. The van der Waals surface area contributed by atoms with Crippen molar-refractivity contribution in [3.8, 4) is 11.4 Å². The van der Waals surface area contributed by atoms with Crippen LogP contribution in [-0.4, -0.2) is 26.2 Å². The molecule has 2 aromatic heterocycles. The summed E-state index contributed by atoms with van der Waals surface area (Å²) >= 11 is 7.43. The first-order chi connectivity index (χ1) is 12.3. The number of hydrogen-bond acceptors (Lipinski definition) is 4. The molecular weight excluding hydrogens is 348 g/mol.